The summed E-state index contributed by atoms with van der Waals surface area (Å²) >= 11 is 0. The second-order valence-electron chi connectivity index (χ2n) is 5.56. The summed E-state index contributed by atoms with van der Waals surface area (Å²) < 4.78 is 0. The molecule has 0 aliphatic heterocycles. The quantitative estimate of drug-likeness (QED) is 0.757. The lowest BCUT2D eigenvalue weighted by atomic mass is 9.89. The lowest BCUT2D eigenvalue weighted by Crippen LogP contribution is -2.14. The molecule has 3 nitrogen and oxygen atoms in total. The minimum absolute atomic E-state index is 0.135. The molecule has 2 aromatic carbocycles. The van der Waals surface area contributed by atoms with E-state index >= 15 is 0 Å². The summed E-state index contributed by atoms with van der Waals surface area (Å²) in [5, 5.41) is 1.16. The zero-order valence-corrected chi connectivity index (χ0v) is 12.7. The van der Waals surface area contributed by atoms with Gasteiger partial charge >= 0.3 is 0 Å². The Morgan fingerprint density at radius 1 is 1.09 bits per heavy atom. The highest BCUT2D eigenvalue weighted by Crippen LogP contribution is 2.32. The highest BCUT2D eigenvalue weighted by molar-refractivity contribution is 5.91. The Labute approximate surface area is 130 Å². The van der Waals surface area contributed by atoms with Crippen molar-refractivity contribution in [2.45, 2.75) is 19.3 Å². The Morgan fingerprint density at radius 3 is 2.45 bits per heavy atom. The van der Waals surface area contributed by atoms with Crippen LogP contribution in [0.2, 0.25) is 0 Å². The number of fused-ring (bicyclic) bond motifs is 1. The van der Waals surface area contributed by atoms with Crippen LogP contribution in [0.3, 0.4) is 0 Å². The van der Waals surface area contributed by atoms with Gasteiger partial charge < -0.3 is 10.7 Å². The van der Waals surface area contributed by atoms with E-state index in [4.69, 9.17) is 5.73 Å². The van der Waals surface area contributed by atoms with Crippen LogP contribution in [0.1, 0.15) is 29.7 Å². The van der Waals surface area contributed by atoms with E-state index in [1.54, 1.807) is 6.92 Å². The number of para-hydroxylation sites is 1. The van der Waals surface area contributed by atoms with E-state index in [-0.39, 0.29) is 11.7 Å². The molecule has 3 heteroatoms. The SMILES string of the molecule is CC(=O)C(c1ccccc1)c1[nH]c2ccccc2c1CCN. The van der Waals surface area contributed by atoms with E-state index in [9.17, 15) is 4.79 Å². The lowest BCUT2D eigenvalue weighted by molar-refractivity contribution is -0.117. The van der Waals surface area contributed by atoms with Gasteiger partial charge in [-0.3, -0.25) is 4.79 Å². The Hall–Kier alpha value is -2.39. The number of nitrogens with two attached hydrogens (primary N) is 1. The van der Waals surface area contributed by atoms with Crippen LogP contribution >= 0.6 is 0 Å². The number of carbonyl (C=O) groups is 1. The monoisotopic (exact) mass is 292 g/mol. The van der Waals surface area contributed by atoms with Crippen molar-refractivity contribution in [2.24, 2.45) is 5.73 Å². The maximum Gasteiger partial charge on any atom is 0.143 e. The summed E-state index contributed by atoms with van der Waals surface area (Å²) in [5.41, 5.74) is 10.00. The molecule has 112 valence electrons. The first-order valence-corrected chi connectivity index (χ1v) is 7.57. The molecule has 0 radical (unpaired) electrons. The van der Waals surface area contributed by atoms with Crippen molar-refractivity contribution in [2.75, 3.05) is 6.54 Å². The second kappa shape index (κ2) is 6.16. The van der Waals surface area contributed by atoms with Crippen LogP contribution in [0, 0.1) is 0 Å². The number of ketones is 1. The minimum atomic E-state index is -0.268. The van der Waals surface area contributed by atoms with Crippen LogP contribution in [-0.4, -0.2) is 17.3 Å². The van der Waals surface area contributed by atoms with Gasteiger partial charge in [-0.2, -0.15) is 0 Å². The maximum atomic E-state index is 12.3. The molecule has 1 heterocycles. The number of aromatic nitrogens is 1. The van der Waals surface area contributed by atoms with Crippen molar-refractivity contribution < 1.29 is 4.79 Å². The molecular weight excluding hydrogens is 272 g/mol. The van der Waals surface area contributed by atoms with Gasteiger partial charge in [0, 0.05) is 16.6 Å². The van der Waals surface area contributed by atoms with Crippen LogP contribution in [0.5, 0.6) is 0 Å². The number of rotatable bonds is 5. The van der Waals surface area contributed by atoms with Gasteiger partial charge in [0.05, 0.1) is 5.92 Å². The summed E-state index contributed by atoms with van der Waals surface area (Å²) in [4.78, 5) is 15.8. The summed E-state index contributed by atoms with van der Waals surface area (Å²) in [6.07, 6.45) is 0.760. The standard InChI is InChI=1S/C19H20N2O/c1-13(22)18(14-7-3-2-4-8-14)19-16(11-12-20)15-9-5-6-10-17(15)21-19/h2-10,18,21H,11-12,20H2,1H3. The normalized spacial score (nSPS) is 12.5. The van der Waals surface area contributed by atoms with Gasteiger partial charge in [0.25, 0.3) is 0 Å². The molecule has 0 aliphatic rings. The van der Waals surface area contributed by atoms with Crippen molar-refractivity contribution in [1.29, 1.82) is 0 Å². The first-order chi connectivity index (χ1) is 10.7. The lowest BCUT2D eigenvalue weighted by Gasteiger charge is -2.15. The van der Waals surface area contributed by atoms with Crippen molar-refractivity contribution in [1.82, 2.24) is 4.98 Å². The molecule has 0 aliphatic carbocycles. The first kappa shape index (κ1) is 14.5. The van der Waals surface area contributed by atoms with Crippen molar-refractivity contribution >= 4 is 16.7 Å². The molecule has 0 saturated carbocycles. The minimum Gasteiger partial charge on any atom is -0.357 e. The predicted molar refractivity (Wildman–Crippen MR) is 90.0 cm³/mol. The number of H-pyrrole nitrogens is 1. The second-order valence-corrected chi connectivity index (χ2v) is 5.56. The molecule has 1 aromatic heterocycles. The van der Waals surface area contributed by atoms with Gasteiger partial charge in [-0.15, -0.1) is 0 Å². The molecule has 0 spiro atoms. The number of aromatic amines is 1. The zero-order chi connectivity index (χ0) is 15.5. The molecule has 0 bridgehead atoms. The molecule has 3 rings (SSSR count). The summed E-state index contributed by atoms with van der Waals surface area (Å²) in [7, 11) is 0. The number of nitrogens with one attached hydrogen (secondary N) is 1. The fraction of sp³-hybridized carbons (Fsp3) is 0.211. The Kier molecular flexibility index (Phi) is 4.07. The van der Waals surface area contributed by atoms with Gasteiger partial charge in [-0.1, -0.05) is 48.5 Å². The molecular formula is C19H20N2O. The highest BCUT2D eigenvalue weighted by atomic mass is 16.1. The van der Waals surface area contributed by atoms with Crippen LogP contribution in [0.15, 0.2) is 54.6 Å². The van der Waals surface area contributed by atoms with E-state index < -0.39 is 0 Å². The number of hydrogen-bond donors (Lipinski definition) is 2. The van der Waals surface area contributed by atoms with Crippen LogP contribution < -0.4 is 5.73 Å². The number of benzene rings is 2. The Morgan fingerprint density at radius 2 is 1.77 bits per heavy atom. The molecule has 0 saturated heterocycles. The summed E-state index contributed by atoms with van der Waals surface area (Å²) in [5.74, 6) is -0.133. The topological polar surface area (TPSA) is 58.9 Å². The Balaban J connectivity index is 2.21. The average molecular weight is 292 g/mol. The van der Waals surface area contributed by atoms with Gasteiger partial charge in [0.15, 0.2) is 0 Å². The fourth-order valence-corrected chi connectivity index (χ4v) is 3.13. The van der Waals surface area contributed by atoms with Crippen molar-refractivity contribution in [3.8, 4) is 0 Å². The van der Waals surface area contributed by atoms with Crippen LogP contribution in [0.4, 0.5) is 0 Å². The smallest absolute Gasteiger partial charge is 0.143 e. The van der Waals surface area contributed by atoms with Crippen molar-refractivity contribution in [3.63, 3.8) is 0 Å². The van der Waals surface area contributed by atoms with Gasteiger partial charge in [-0.25, -0.2) is 0 Å². The molecule has 3 aromatic rings. The molecule has 3 N–H and O–H groups in total. The van der Waals surface area contributed by atoms with E-state index in [0.29, 0.717) is 6.54 Å². The van der Waals surface area contributed by atoms with Crippen molar-refractivity contribution in [3.05, 3.63) is 71.4 Å². The zero-order valence-electron chi connectivity index (χ0n) is 12.7. The number of carbonyl (C=O) groups excluding carboxylic acids is 1. The molecule has 0 fully saturated rings. The molecule has 22 heavy (non-hydrogen) atoms. The van der Waals surface area contributed by atoms with E-state index in [1.165, 1.54) is 0 Å². The van der Waals surface area contributed by atoms with E-state index in [2.05, 4.69) is 11.1 Å². The van der Waals surface area contributed by atoms with Crippen LogP contribution in [0.25, 0.3) is 10.9 Å². The largest absolute Gasteiger partial charge is 0.357 e. The molecule has 0 amide bonds. The molecule has 1 atom stereocenters. The predicted octanol–water partition coefficient (Wildman–Crippen LogP) is 3.39. The maximum absolute atomic E-state index is 12.3. The average Bonchev–Trinajstić information content (AvgIpc) is 2.87. The summed E-state index contributed by atoms with van der Waals surface area (Å²) in [6.45, 7) is 2.21. The summed E-state index contributed by atoms with van der Waals surface area (Å²) in [6, 6.07) is 18.1. The van der Waals surface area contributed by atoms with Gasteiger partial charge in [0.2, 0.25) is 0 Å². The third-order valence-corrected chi connectivity index (χ3v) is 4.07. The number of hydrogen-bond acceptors (Lipinski definition) is 2. The fourth-order valence-electron chi connectivity index (χ4n) is 3.13. The number of Topliss-reactive ketones (excluding diaryl/α,β-unsaturated/α-hetero) is 1. The van der Waals surface area contributed by atoms with Gasteiger partial charge in [0.1, 0.15) is 5.78 Å². The van der Waals surface area contributed by atoms with Crippen LogP contribution in [-0.2, 0) is 11.2 Å². The highest BCUT2D eigenvalue weighted by Gasteiger charge is 2.24. The van der Waals surface area contributed by atoms with Gasteiger partial charge in [-0.05, 0) is 37.1 Å². The third-order valence-electron chi connectivity index (χ3n) is 4.07. The first-order valence-electron chi connectivity index (χ1n) is 7.57. The molecule has 1 unspecified atom stereocenters. The third kappa shape index (κ3) is 2.55. The van der Waals surface area contributed by atoms with E-state index in [0.717, 1.165) is 34.1 Å². The Bertz CT molecular complexity index is 790. The van der Waals surface area contributed by atoms with E-state index in [1.807, 2.05) is 48.5 Å².